The third-order valence-corrected chi connectivity index (χ3v) is 5.25. The summed E-state index contributed by atoms with van der Waals surface area (Å²) in [6.45, 7) is 8.89. The smallest absolute Gasteiger partial charge is 0.191 e. The van der Waals surface area contributed by atoms with Crippen molar-refractivity contribution in [1.29, 1.82) is 0 Å². The van der Waals surface area contributed by atoms with Gasteiger partial charge < -0.3 is 15.5 Å². The summed E-state index contributed by atoms with van der Waals surface area (Å²) < 4.78 is 0. The van der Waals surface area contributed by atoms with Crippen LogP contribution in [-0.2, 0) is 6.42 Å². The van der Waals surface area contributed by atoms with E-state index in [-0.39, 0.29) is 0 Å². The molecule has 1 aromatic heterocycles. The van der Waals surface area contributed by atoms with Gasteiger partial charge >= 0.3 is 0 Å². The van der Waals surface area contributed by atoms with Gasteiger partial charge in [-0.05, 0) is 32.7 Å². The minimum absolute atomic E-state index is 0.543. The van der Waals surface area contributed by atoms with Gasteiger partial charge in [-0.1, -0.05) is 13.3 Å². The zero-order chi connectivity index (χ0) is 16.5. The molecule has 0 aliphatic carbocycles. The zero-order valence-electron chi connectivity index (χ0n) is 14.8. The summed E-state index contributed by atoms with van der Waals surface area (Å²) in [6.07, 6.45) is 7.91. The number of likely N-dealkylation sites (tertiary alicyclic amines) is 1. The van der Waals surface area contributed by atoms with E-state index in [9.17, 15) is 0 Å². The van der Waals surface area contributed by atoms with Crippen LogP contribution in [0.2, 0.25) is 0 Å². The normalized spacial score (nSPS) is 17.4. The van der Waals surface area contributed by atoms with Crippen LogP contribution in [-0.4, -0.2) is 55.1 Å². The Morgan fingerprint density at radius 1 is 1.43 bits per heavy atom. The summed E-state index contributed by atoms with van der Waals surface area (Å²) in [4.78, 5) is 12.6. The van der Waals surface area contributed by atoms with E-state index >= 15 is 0 Å². The largest absolute Gasteiger partial charge is 0.356 e. The van der Waals surface area contributed by atoms with Crippen molar-refractivity contribution in [2.75, 3.05) is 33.2 Å². The van der Waals surface area contributed by atoms with Crippen LogP contribution in [0.1, 0.15) is 42.5 Å². The quantitative estimate of drug-likeness (QED) is 0.593. The van der Waals surface area contributed by atoms with Gasteiger partial charge in [-0.15, -0.1) is 11.3 Å². The number of aliphatic imine (C=N–C) groups is 1. The number of aryl methyl sites for hydroxylation is 1. The van der Waals surface area contributed by atoms with E-state index in [0.29, 0.717) is 6.04 Å². The lowest BCUT2D eigenvalue weighted by Gasteiger charge is -2.33. The molecule has 0 bridgehead atoms. The first-order chi connectivity index (χ1) is 11.2. The summed E-state index contributed by atoms with van der Waals surface area (Å²) in [5, 5.41) is 8.17. The minimum atomic E-state index is 0.543. The number of rotatable bonds is 7. The van der Waals surface area contributed by atoms with E-state index < -0.39 is 0 Å². The van der Waals surface area contributed by atoms with Gasteiger partial charge in [-0.25, -0.2) is 4.98 Å². The molecule has 1 aromatic rings. The molecule has 0 atom stereocenters. The molecule has 1 saturated heterocycles. The van der Waals surface area contributed by atoms with E-state index in [2.05, 4.69) is 39.4 Å². The van der Waals surface area contributed by atoms with Crippen molar-refractivity contribution in [3.05, 3.63) is 16.1 Å². The number of aromatic nitrogens is 1. The van der Waals surface area contributed by atoms with Crippen LogP contribution < -0.4 is 10.6 Å². The van der Waals surface area contributed by atoms with Crippen molar-refractivity contribution in [3.8, 4) is 0 Å². The van der Waals surface area contributed by atoms with Crippen LogP contribution in [0.5, 0.6) is 0 Å². The topological polar surface area (TPSA) is 52.5 Å². The molecule has 1 aliphatic rings. The summed E-state index contributed by atoms with van der Waals surface area (Å²) in [5.41, 5.74) is 0. The third kappa shape index (κ3) is 6.47. The van der Waals surface area contributed by atoms with Gasteiger partial charge in [0.1, 0.15) is 0 Å². The molecule has 2 N–H and O–H groups in total. The number of nitrogens with one attached hydrogen (secondary N) is 2. The lowest BCUT2D eigenvalue weighted by atomic mass is 10.0. The number of unbranched alkanes of at least 4 members (excludes halogenated alkanes) is 1. The van der Waals surface area contributed by atoms with E-state index in [1.54, 1.807) is 11.3 Å². The first kappa shape index (κ1) is 18.2. The van der Waals surface area contributed by atoms with Crippen molar-refractivity contribution in [3.63, 3.8) is 0 Å². The predicted octanol–water partition coefficient (Wildman–Crippen LogP) is 2.42. The molecular weight excluding hydrogens is 306 g/mol. The van der Waals surface area contributed by atoms with E-state index in [0.717, 1.165) is 18.9 Å². The lowest BCUT2D eigenvalue weighted by molar-refractivity contribution is 0.203. The van der Waals surface area contributed by atoms with Crippen molar-refractivity contribution in [2.24, 2.45) is 4.99 Å². The Kier molecular flexibility index (Phi) is 7.82. The van der Waals surface area contributed by atoms with Gasteiger partial charge in [0.05, 0.1) is 5.01 Å². The van der Waals surface area contributed by atoms with Crippen LogP contribution in [0.15, 0.2) is 11.2 Å². The van der Waals surface area contributed by atoms with Gasteiger partial charge in [0.25, 0.3) is 0 Å². The second-order valence-electron chi connectivity index (χ2n) is 6.23. The Hall–Kier alpha value is -1.14. The second-order valence-corrected chi connectivity index (χ2v) is 7.55. The summed E-state index contributed by atoms with van der Waals surface area (Å²) >= 11 is 1.77. The first-order valence-electron chi connectivity index (χ1n) is 8.82. The SMILES string of the molecule is CCCCN1CCC(NC(=NC)NCCc2ncc(C)s2)CC1. The molecule has 5 nitrogen and oxygen atoms in total. The molecular formula is C17H31N5S. The number of guanidine groups is 1. The van der Waals surface area contributed by atoms with E-state index in [4.69, 9.17) is 0 Å². The Bertz CT molecular complexity index is 477. The van der Waals surface area contributed by atoms with Crippen LogP contribution in [0.3, 0.4) is 0 Å². The van der Waals surface area contributed by atoms with E-state index in [1.165, 1.54) is 55.2 Å². The van der Waals surface area contributed by atoms with Crippen molar-refractivity contribution in [2.45, 2.75) is 52.0 Å². The fourth-order valence-corrected chi connectivity index (χ4v) is 3.66. The highest BCUT2D eigenvalue weighted by Crippen LogP contribution is 2.12. The third-order valence-electron chi connectivity index (χ3n) is 4.28. The second kappa shape index (κ2) is 9.88. The molecule has 0 amide bonds. The van der Waals surface area contributed by atoms with Gasteiger partial charge in [-0.3, -0.25) is 4.99 Å². The molecule has 0 unspecified atom stereocenters. The summed E-state index contributed by atoms with van der Waals surface area (Å²) in [6, 6.07) is 0.543. The number of hydrogen-bond donors (Lipinski definition) is 2. The van der Waals surface area contributed by atoms with Crippen molar-refractivity contribution >= 4 is 17.3 Å². The summed E-state index contributed by atoms with van der Waals surface area (Å²) in [5.74, 6) is 0.922. The standard InChI is InChI=1S/C17H31N5S/c1-4-5-10-22-11-7-15(8-12-22)21-17(18-3)19-9-6-16-20-13-14(2)23-16/h13,15H,4-12H2,1-3H3,(H2,18,19,21). The van der Waals surface area contributed by atoms with Crippen LogP contribution in [0.4, 0.5) is 0 Å². The number of piperidine rings is 1. The Morgan fingerprint density at radius 2 is 2.22 bits per heavy atom. The van der Waals surface area contributed by atoms with Crippen LogP contribution in [0.25, 0.3) is 0 Å². The number of hydrogen-bond acceptors (Lipinski definition) is 4. The Morgan fingerprint density at radius 3 is 2.83 bits per heavy atom. The molecule has 130 valence electrons. The molecule has 0 aromatic carbocycles. The Balaban J connectivity index is 1.65. The molecule has 2 heterocycles. The maximum atomic E-state index is 4.40. The molecule has 1 aliphatic heterocycles. The maximum Gasteiger partial charge on any atom is 0.191 e. The van der Waals surface area contributed by atoms with Crippen LogP contribution >= 0.6 is 11.3 Å². The van der Waals surface area contributed by atoms with Gasteiger partial charge in [0, 0.05) is 50.2 Å². The highest BCUT2D eigenvalue weighted by Gasteiger charge is 2.19. The molecule has 0 radical (unpaired) electrons. The molecule has 2 rings (SSSR count). The fourth-order valence-electron chi connectivity index (χ4n) is 2.88. The first-order valence-corrected chi connectivity index (χ1v) is 9.63. The number of nitrogens with zero attached hydrogens (tertiary/aromatic N) is 3. The van der Waals surface area contributed by atoms with Gasteiger partial charge in [0.15, 0.2) is 5.96 Å². The average Bonchev–Trinajstić information content (AvgIpc) is 2.98. The van der Waals surface area contributed by atoms with Gasteiger partial charge in [-0.2, -0.15) is 0 Å². The van der Waals surface area contributed by atoms with Crippen molar-refractivity contribution < 1.29 is 0 Å². The monoisotopic (exact) mass is 337 g/mol. The predicted molar refractivity (Wildman–Crippen MR) is 99.4 cm³/mol. The lowest BCUT2D eigenvalue weighted by Crippen LogP contribution is -2.49. The molecule has 23 heavy (non-hydrogen) atoms. The van der Waals surface area contributed by atoms with Crippen molar-refractivity contribution in [1.82, 2.24) is 20.5 Å². The highest BCUT2D eigenvalue weighted by atomic mass is 32.1. The molecule has 0 saturated carbocycles. The number of thiazole rings is 1. The van der Waals surface area contributed by atoms with Gasteiger partial charge in [0.2, 0.25) is 0 Å². The Labute approximate surface area is 144 Å². The molecule has 0 spiro atoms. The van der Waals surface area contributed by atoms with Crippen LogP contribution in [0, 0.1) is 6.92 Å². The summed E-state index contributed by atoms with van der Waals surface area (Å²) in [7, 11) is 1.85. The maximum absolute atomic E-state index is 4.40. The minimum Gasteiger partial charge on any atom is -0.356 e. The molecule has 1 fully saturated rings. The average molecular weight is 338 g/mol. The highest BCUT2D eigenvalue weighted by molar-refractivity contribution is 7.11. The fraction of sp³-hybridized carbons (Fsp3) is 0.765. The zero-order valence-corrected chi connectivity index (χ0v) is 15.6. The van der Waals surface area contributed by atoms with E-state index in [1.807, 2.05) is 13.2 Å². The molecule has 6 heteroatoms.